The number of hydrogen-bond donors (Lipinski definition) is 0. The highest BCUT2D eigenvalue weighted by Gasteiger charge is 2.29. The topological polar surface area (TPSA) is 57.7 Å². The van der Waals surface area contributed by atoms with Gasteiger partial charge >= 0.3 is 0 Å². The van der Waals surface area contributed by atoms with Crippen LogP contribution in [0.4, 0.5) is 15.8 Å². The fraction of sp³-hybridized carbons (Fsp3) is 0.174. The number of aryl methyl sites for hydroxylation is 1. The summed E-state index contributed by atoms with van der Waals surface area (Å²) in [5.74, 6) is -0.632. The maximum atomic E-state index is 13.2. The second-order valence-corrected chi connectivity index (χ2v) is 9.62. The van der Waals surface area contributed by atoms with Crippen LogP contribution in [0.15, 0.2) is 71.6 Å². The van der Waals surface area contributed by atoms with E-state index in [0.29, 0.717) is 41.3 Å². The molecule has 5 nitrogen and oxygen atoms in total. The Kier molecular flexibility index (Phi) is 5.73. The molecular formula is C23H20ClFN2O3S. The van der Waals surface area contributed by atoms with Gasteiger partial charge in [0.2, 0.25) is 0 Å². The van der Waals surface area contributed by atoms with Crippen molar-refractivity contribution in [2.45, 2.75) is 17.7 Å². The first kappa shape index (κ1) is 21.3. The van der Waals surface area contributed by atoms with Crippen LogP contribution < -0.4 is 9.21 Å². The molecule has 1 aliphatic heterocycles. The van der Waals surface area contributed by atoms with Crippen LogP contribution in [0.1, 0.15) is 22.3 Å². The Hall–Kier alpha value is -2.90. The number of halogens is 2. The Morgan fingerprint density at radius 3 is 2.39 bits per heavy atom. The van der Waals surface area contributed by atoms with Crippen LogP contribution in [0.25, 0.3) is 0 Å². The molecule has 1 aliphatic rings. The molecule has 0 saturated heterocycles. The molecular weight excluding hydrogens is 439 g/mol. The smallest absolute Gasteiger partial charge is 0.264 e. The molecule has 0 saturated carbocycles. The zero-order valence-electron chi connectivity index (χ0n) is 16.8. The molecule has 1 amide bonds. The number of carbonyl (C=O) groups is 1. The lowest BCUT2D eigenvalue weighted by atomic mass is 10.00. The molecule has 160 valence electrons. The van der Waals surface area contributed by atoms with Crippen molar-refractivity contribution in [2.75, 3.05) is 22.8 Å². The molecule has 0 aromatic heterocycles. The van der Waals surface area contributed by atoms with Gasteiger partial charge in [-0.1, -0.05) is 11.6 Å². The molecule has 3 aromatic carbocycles. The Morgan fingerprint density at radius 1 is 1.03 bits per heavy atom. The minimum atomic E-state index is -3.74. The third-order valence-corrected chi connectivity index (χ3v) is 7.40. The van der Waals surface area contributed by atoms with Crippen molar-refractivity contribution in [1.29, 1.82) is 0 Å². The van der Waals surface area contributed by atoms with Gasteiger partial charge in [0.15, 0.2) is 0 Å². The lowest BCUT2D eigenvalue weighted by Gasteiger charge is -2.31. The van der Waals surface area contributed by atoms with Gasteiger partial charge in [0.1, 0.15) is 5.82 Å². The first-order valence-electron chi connectivity index (χ1n) is 9.72. The van der Waals surface area contributed by atoms with Crippen LogP contribution >= 0.6 is 11.6 Å². The number of amides is 1. The molecule has 0 bridgehead atoms. The molecule has 0 spiro atoms. The van der Waals surface area contributed by atoms with Crippen LogP contribution in [0.2, 0.25) is 5.02 Å². The molecule has 31 heavy (non-hydrogen) atoms. The van der Waals surface area contributed by atoms with Crippen LogP contribution in [-0.2, 0) is 16.4 Å². The number of fused-ring (bicyclic) bond motifs is 1. The molecule has 0 aliphatic carbocycles. The van der Waals surface area contributed by atoms with Crippen LogP contribution in [-0.4, -0.2) is 27.9 Å². The highest BCUT2D eigenvalue weighted by atomic mass is 35.5. The Bertz CT molecular complexity index is 1230. The highest BCUT2D eigenvalue weighted by molar-refractivity contribution is 7.92. The Morgan fingerprint density at radius 2 is 1.71 bits per heavy atom. The van der Waals surface area contributed by atoms with Gasteiger partial charge in [0.05, 0.1) is 10.6 Å². The van der Waals surface area contributed by atoms with Crippen molar-refractivity contribution < 1.29 is 17.6 Å². The maximum Gasteiger partial charge on any atom is 0.264 e. The minimum Gasteiger partial charge on any atom is -0.311 e. The molecule has 3 aromatic rings. The highest BCUT2D eigenvalue weighted by Crippen LogP contribution is 2.33. The number of hydrogen-bond acceptors (Lipinski definition) is 3. The molecule has 0 fully saturated rings. The molecule has 4 rings (SSSR count). The summed E-state index contributed by atoms with van der Waals surface area (Å²) >= 11 is 5.89. The normalized spacial score (nSPS) is 13.6. The van der Waals surface area contributed by atoms with Gasteiger partial charge in [-0.25, -0.2) is 12.8 Å². The summed E-state index contributed by atoms with van der Waals surface area (Å²) < 4.78 is 40.9. The zero-order valence-corrected chi connectivity index (χ0v) is 18.3. The second-order valence-electron chi connectivity index (χ2n) is 7.32. The number of rotatable bonds is 4. The molecule has 0 atom stereocenters. The zero-order chi connectivity index (χ0) is 22.2. The first-order valence-corrected chi connectivity index (χ1v) is 11.5. The van der Waals surface area contributed by atoms with Crippen molar-refractivity contribution in [3.05, 3.63) is 88.7 Å². The summed E-state index contributed by atoms with van der Waals surface area (Å²) in [6.07, 6.45) is 1.31. The largest absolute Gasteiger partial charge is 0.311 e. The fourth-order valence-corrected chi connectivity index (χ4v) is 5.32. The first-order chi connectivity index (χ1) is 14.8. The SMILES string of the molecule is CN(C(=O)c1ccc2c(c1)CCCN2S(=O)(=O)c1ccc(Cl)cc1)c1ccc(F)cc1. The third-order valence-electron chi connectivity index (χ3n) is 5.32. The van der Waals surface area contributed by atoms with E-state index >= 15 is 0 Å². The van der Waals surface area contributed by atoms with Gasteiger partial charge < -0.3 is 4.90 Å². The quantitative estimate of drug-likeness (QED) is 0.559. The lowest BCUT2D eigenvalue weighted by Crippen LogP contribution is -2.35. The third kappa shape index (κ3) is 4.16. The van der Waals surface area contributed by atoms with E-state index in [2.05, 4.69) is 0 Å². The Balaban J connectivity index is 1.65. The van der Waals surface area contributed by atoms with Crippen LogP contribution in [0, 0.1) is 5.82 Å². The van der Waals surface area contributed by atoms with E-state index in [1.165, 1.54) is 45.6 Å². The van der Waals surface area contributed by atoms with E-state index in [0.717, 1.165) is 5.56 Å². The van der Waals surface area contributed by atoms with Crippen molar-refractivity contribution >= 4 is 38.9 Å². The van der Waals surface area contributed by atoms with E-state index in [4.69, 9.17) is 11.6 Å². The van der Waals surface area contributed by atoms with Gasteiger partial charge in [0.25, 0.3) is 15.9 Å². The van der Waals surface area contributed by atoms with E-state index in [1.54, 1.807) is 37.4 Å². The summed E-state index contributed by atoms with van der Waals surface area (Å²) in [4.78, 5) is 14.5. The predicted molar refractivity (Wildman–Crippen MR) is 120 cm³/mol. The number of benzene rings is 3. The fourth-order valence-electron chi connectivity index (χ4n) is 3.65. The second kappa shape index (κ2) is 8.32. The van der Waals surface area contributed by atoms with Gasteiger partial charge in [0, 0.05) is 29.9 Å². The molecule has 0 N–H and O–H groups in total. The Labute approximate surface area is 185 Å². The number of anilines is 2. The summed E-state index contributed by atoms with van der Waals surface area (Å²) in [5.41, 5.74) is 2.37. The monoisotopic (exact) mass is 458 g/mol. The summed E-state index contributed by atoms with van der Waals surface area (Å²) in [5, 5.41) is 0.464. The molecule has 0 radical (unpaired) electrons. The molecule has 0 unspecified atom stereocenters. The summed E-state index contributed by atoms with van der Waals surface area (Å²) in [7, 11) is -2.13. The standard InChI is InChI=1S/C23H20ClFN2O3S/c1-26(20-9-7-19(25)8-10-20)23(28)17-4-13-22-16(15-17)3-2-14-27(22)31(29,30)21-11-5-18(24)6-12-21/h4-13,15H,2-3,14H2,1H3. The predicted octanol–water partition coefficient (Wildman–Crippen LogP) is 4.90. The summed E-state index contributed by atoms with van der Waals surface area (Å²) in [6, 6.07) is 16.8. The van der Waals surface area contributed by atoms with Crippen LogP contribution in [0.5, 0.6) is 0 Å². The van der Waals surface area contributed by atoms with Crippen molar-refractivity contribution in [1.82, 2.24) is 0 Å². The van der Waals surface area contributed by atoms with E-state index in [1.807, 2.05) is 0 Å². The maximum absolute atomic E-state index is 13.2. The van der Waals surface area contributed by atoms with Gasteiger partial charge in [-0.2, -0.15) is 0 Å². The van der Waals surface area contributed by atoms with E-state index in [9.17, 15) is 17.6 Å². The van der Waals surface area contributed by atoms with Crippen LogP contribution in [0.3, 0.4) is 0 Å². The lowest BCUT2D eigenvalue weighted by molar-refractivity contribution is 0.0993. The van der Waals surface area contributed by atoms with Gasteiger partial charge in [-0.3, -0.25) is 9.10 Å². The minimum absolute atomic E-state index is 0.168. The van der Waals surface area contributed by atoms with Gasteiger partial charge in [-0.05, 0) is 85.1 Å². The number of sulfonamides is 1. The van der Waals surface area contributed by atoms with Crippen molar-refractivity contribution in [3.63, 3.8) is 0 Å². The van der Waals surface area contributed by atoms with E-state index in [-0.39, 0.29) is 16.6 Å². The molecule has 8 heteroatoms. The number of carbonyl (C=O) groups excluding carboxylic acids is 1. The van der Waals surface area contributed by atoms with E-state index < -0.39 is 10.0 Å². The molecule has 1 heterocycles. The summed E-state index contributed by atoms with van der Waals surface area (Å²) in [6.45, 7) is 0.362. The van der Waals surface area contributed by atoms with Crippen molar-refractivity contribution in [2.24, 2.45) is 0 Å². The van der Waals surface area contributed by atoms with Crippen molar-refractivity contribution in [3.8, 4) is 0 Å². The average molecular weight is 459 g/mol. The number of nitrogens with zero attached hydrogens (tertiary/aromatic N) is 2. The van der Waals surface area contributed by atoms with Gasteiger partial charge in [-0.15, -0.1) is 0 Å². The average Bonchev–Trinajstić information content (AvgIpc) is 2.78.